The van der Waals surface area contributed by atoms with E-state index in [0.29, 0.717) is 17.7 Å². The molecule has 0 spiro atoms. The number of ether oxygens (including phenoxy) is 3. The summed E-state index contributed by atoms with van der Waals surface area (Å²) in [6.45, 7) is 3.73. The molecule has 2 aliphatic rings. The molecule has 0 bridgehead atoms. The van der Waals surface area contributed by atoms with Gasteiger partial charge in [-0.25, -0.2) is 4.79 Å². The zero-order valence-corrected chi connectivity index (χ0v) is 19.5. The molecule has 12 heteroatoms. The van der Waals surface area contributed by atoms with Crippen molar-refractivity contribution in [1.29, 1.82) is 0 Å². The van der Waals surface area contributed by atoms with Crippen molar-refractivity contribution < 1.29 is 41.8 Å². The van der Waals surface area contributed by atoms with Gasteiger partial charge in [-0.1, -0.05) is 26.7 Å². The van der Waals surface area contributed by atoms with Crippen LogP contribution in [0.3, 0.4) is 0 Å². The molecular formula is C22H28F3N3O6. The third kappa shape index (κ3) is 3.98. The molecular weight excluding hydrogens is 459 g/mol. The van der Waals surface area contributed by atoms with E-state index in [1.165, 1.54) is 33.5 Å². The van der Waals surface area contributed by atoms with Gasteiger partial charge in [0.2, 0.25) is 5.75 Å². The summed E-state index contributed by atoms with van der Waals surface area (Å²) in [7, 11) is 3.80. The first-order chi connectivity index (χ1) is 15.9. The Bertz CT molecular complexity index is 985. The van der Waals surface area contributed by atoms with Crippen LogP contribution in [0.15, 0.2) is 12.1 Å². The number of nitrogens with one attached hydrogen (secondary N) is 2. The number of benzene rings is 1. The minimum atomic E-state index is -5.32. The number of hydrogen-bond donors (Lipinski definition) is 2. The van der Waals surface area contributed by atoms with E-state index in [0.717, 1.165) is 6.42 Å². The third-order valence-corrected chi connectivity index (χ3v) is 6.72. The minimum absolute atomic E-state index is 0.0212. The van der Waals surface area contributed by atoms with Gasteiger partial charge in [0.05, 0.1) is 26.9 Å². The molecule has 1 aromatic rings. The summed E-state index contributed by atoms with van der Waals surface area (Å²) in [4.78, 5) is 39.6. The van der Waals surface area contributed by atoms with Crippen molar-refractivity contribution in [3.05, 3.63) is 17.7 Å². The number of hydrogen-bond acceptors (Lipinski definition) is 6. The second-order valence-corrected chi connectivity index (χ2v) is 8.52. The Morgan fingerprint density at radius 3 is 2.29 bits per heavy atom. The van der Waals surface area contributed by atoms with Crippen molar-refractivity contribution in [3.63, 3.8) is 0 Å². The number of imide groups is 1. The SMILES string of the molecule is COc1ccc(C(=O)N[C@@]2(C(F)(F)F)NC(=O)N([C@H]3CCC[C@H](C)[C@@H]3C)C2=O)c(OC)c1OC. The van der Waals surface area contributed by atoms with Gasteiger partial charge in [0, 0.05) is 6.04 Å². The zero-order valence-electron chi connectivity index (χ0n) is 19.5. The van der Waals surface area contributed by atoms with Gasteiger partial charge in [0.15, 0.2) is 11.5 Å². The Balaban J connectivity index is 2.02. The van der Waals surface area contributed by atoms with E-state index >= 15 is 0 Å². The monoisotopic (exact) mass is 487 g/mol. The molecule has 0 aromatic heterocycles. The lowest BCUT2D eigenvalue weighted by Crippen LogP contribution is -2.69. The van der Waals surface area contributed by atoms with Crippen molar-refractivity contribution in [2.75, 3.05) is 21.3 Å². The van der Waals surface area contributed by atoms with Crippen LogP contribution in [0, 0.1) is 11.8 Å². The lowest BCUT2D eigenvalue weighted by molar-refractivity contribution is -0.201. The van der Waals surface area contributed by atoms with Crippen molar-refractivity contribution in [2.24, 2.45) is 11.8 Å². The van der Waals surface area contributed by atoms with Crippen molar-refractivity contribution >= 4 is 17.8 Å². The van der Waals surface area contributed by atoms with E-state index < -0.39 is 35.7 Å². The summed E-state index contributed by atoms with van der Waals surface area (Å²) in [5, 5.41) is 3.44. The van der Waals surface area contributed by atoms with Gasteiger partial charge in [-0.05, 0) is 30.4 Å². The number of carbonyl (C=O) groups is 3. The summed E-state index contributed by atoms with van der Waals surface area (Å²) in [5.74, 6) is -2.98. The average Bonchev–Trinajstić information content (AvgIpc) is 3.04. The zero-order chi connectivity index (χ0) is 25.4. The van der Waals surface area contributed by atoms with Crippen LogP contribution in [0.1, 0.15) is 43.5 Å². The first kappa shape index (κ1) is 25.4. The van der Waals surface area contributed by atoms with Gasteiger partial charge in [-0.15, -0.1) is 0 Å². The smallest absolute Gasteiger partial charge is 0.440 e. The highest BCUT2D eigenvalue weighted by molar-refractivity contribution is 6.11. The molecule has 2 N–H and O–H groups in total. The van der Waals surface area contributed by atoms with Crippen molar-refractivity contribution in [3.8, 4) is 17.2 Å². The molecule has 1 saturated carbocycles. The summed E-state index contributed by atoms with van der Waals surface area (Å²) >= 11 is 0. The number of alkyl halides is 3. The Labute approximate surface area is 194 Å². The van der Waals surface area contributed by atoms with Gasteiger partial charge in [-0.3, -0.25) is 19.8 Å². The largest absolute Gasteiger partial charge is 0.493 e. The van der Waals surface area contributed by atoms with Gasteiger partial charge in [-0.2, -0.15) is 13.2 Å². The number of carbonyl (C=O) groups excluding carboxylic acids is 3. The fraction of sp³-hybridized carbons (Fsp3) is 0.591. The van der Waals surface area contributed by atoms with Crippen molar-refractivity contribution in [2.45, 2.75) is 51.0 Å². The topological polar surface area (TPSA) is 106 Å². The summed E-state index contributed by atoms with van der Waals surface area (Å²) < 4.78 is 58.4. The molecule has 1 aliphatic carbocycles. The van der Waals surface area contributed by atoms with Crippen LogP contribution in [0.5, 0.6) is 17.2 Å². The van der Waals surface area contributed by atoms with Gasteiger partial charge in [0.1, 0.15) is 0 Å². The molecule has 2 fully saturated rings. The normalized spacial score (nSPS) is 27.3. The quantitative estimate of drug-likeness (QED) is 0.598. The maximum Gasteiger partial charge on any atom is 0.440 e. The van der Waals surface area contributed by atoms with Crippen molar-refractivity contribution in [1.82, 2.24) is 15.5 Å². The molecule has 1 heterocycles. The lowest BCUT2D eigenvalue weighted by atomic mass is 9.77. The molecule has 0 radical (unpaired) electrons. The predicted molar refractivity (Wildman–Crippen MR) is 114 cm³/mol. The third-order valence-electron chi connectivity index (χ3n) is 6.72. The van der Waals surface area contributed by atoms with Crippen LogP contribution >= 0.6 is 0 Å². The second kappa shape index (κ2) is 9.22. The van der Waals surface area contributed by atoms with Gasteiger partial charge < -0.3 is 19.5 Å². The highest BCUT2D eigenvalue weighted by Gasteiger charge is 2.70. The highest BCUT2D eigenvalue weighted by atomic mass is 19.4. The fourth-order valence-corrected chi connectivity index (χ4v) is 4.63. The molecule has 4 atom stereocenters. The van der Waals surface area contributed by atoms with Crippen LogP contribution < -0.4 is 24.8 Å². The van der Waals surface area contributed by atoms with E-state index in [4.69, 9.17) is 14.2 Å². The van der Waals surface area contributed by atoms with Gasteiger partial charge in [0.25, 0.3) is 17.5 Å². The number of rotatable bonds is 6. The van der Waals surface area contributed by atoms with E-state index in [1.54, 1.807) is 17.6 Å². The van der Waals surface area contributed by atoms with Crippen LogP contribution in [-0.4, -0.2) is 62.0 Å². The maximum absolute atomic E-state index is 14.3. The minimum Gasteiger partial charge on any atom is -0.493 e. The van der Waals surface area contributed by atoms with E-state index in [2.05, 4.69) is 0 Å². The average molecular weight is 487 g/mol. The molecule has 1 saturated heterocycles. The second-order valence-electron chi connectivity index (χ2n) is 8.52. The van der Waals surface area contributed by atoms with E-state index in [9.17, 15) is 27.6 Å². The Hall–Kier alpha value is -3.18. The number of nitrogens with zero attached hydrogens (tertiary/aromatic N) is 1. The summed E-state index contributed by atoms with van der Waals surface area (Å²) in [5.41, 5.74) is -3.97. The molecule has 0 unspecified atom stereocenters. The first-order valence-electron chi connectivity index (χ1n) is 10.8. The summed E-state index contributed by atoms with van der Waals surface area (Å²) in [6.07, 6.45) is -3.42. The number of methoxy groups -OCH3 is 3. The molecule has 3 rings (SSSR count). The van der Waals surface area contributed by atoms with Crippen LogP contribution in [0.25, 0.3) is 0 Å². The maximum atomic E-state index is 14.3. The molecule has 34 heavy (non-hydrogen) atoms. The Morgan fingerprint density at radius 2 is 1.74 bits per heavy atom. The predicted octanol–water partition coefficient (Wildman–Crippen LogP) is 3.08. The molecule has 188 valence electrons. The Morgan fingerprint density at radius 1 is 1.09 bits per heavy atom. The molecule has 1 aromatic carbocycles. The van der Waals surface area contributed by atoms with E-state index in [1.807, 2.05) is 6.92 Å². The molecule has 4 amide bonds. The number of amides is 4. The number of halogens is 3. The van der Waals surface area contributed by atoms with Crippen LogP contribution in [0.2, 0.25) is 0 Å². The summed E-state index contributed by atoms with van der Waals surface area (Å²) in [6, 6.07) is 0.563. The van der Waals surface area contributed by atoms with Crippen LogP contribution in [0.4, 0.5) is 18.0 Å². The van der Waals surface area contributed by atoms with Gasteiger partial charge >= 0.3 is 12.2 Å². The standard InChI is InChI=1S/C22H28F3N3O6/c1-11-7-6-8-14(12(11)2)28-19(30)21(22(23,24)25,27-20(28)31)26-18(29)13-9-10-15(32-3)17(34-5)16(13)33-4/h9-12,14H,6-8H2,1-5H3,(H,26,29)(H,27,31)/t11-,12-,14-,21+/m0/s1. The van der Waals surface area contributed by atoms with Crippen LogP contribution in [-0.2, 0) is 4.79 Å². The highest BCUT2D eigenvalue weighted by Crippen LogP contribution is 2.42. The fourth-order valence-electron chi connectivity index (χ4n) is 4.63. The van der Waals surface area contributed by atoms with E-state index in [-0.39, 0.29) is 34.6 Å². The lowest BCUT2D eigenvalue weighted by Gasteiger charge is -2.38. The first-order valence-corrected chi connectivity index (χ1v) is 10.8. The Kier molecular flexibility index (Phi) is 6.90. The molecule has 9 nitrogen and oxygen atoms in total. The number of urea groups is 1. The molecule has 1 aliphatic heterocycles.